The van der Waals surface area contributed by atoms with Crippen LogP contribution in [0.4, 0.5) is 4.39 Å². The lowest BCUT2D eigenvalue weighted by atomic mass is 10.2. The van der Waals surface area contributed by atoms with E-state index in [9.17, 15) is 4.39 Å². The molecule has 0 saturated heterocycles. The summed E-state index contributed by atoms with van der Waals surface area (Å²) < 4.78 is 13.3. The van der Waals surface area contributed by atoms with Gasteiger partial charge in [-0.05, 0) is 49.4 Å². The fourth-order valence-corrected chi connectivity index (χ4v) is 2.78. The number of rotatable bonds is 4. The summed E-state index contributed by atoms with van der Waals surface area (Å²) in [7, 11) is 1.87. The summed E-state index contributed by atoms with van der Waals surface area (Å²) in [5.74, 6) is -0.186. The molecule has 2 rings (SSSR count). The van der Waals surface area contributed by atoms with Gasteiger partial charge in [0.15, 0.2) is 0 Å². The van der Waals surface area contributed by atoms with Crippen molar-refractivity contribution < 1.29 is 4.39 Å². The largest absolute Gasteiger partial charge is 0.316 e. The SMILES string of the molecule is CNCc1cc(F)ccc1Sc1ccccc1C. The van der Waals surface area contributed by atoms with Gasteiger partial charge in [-0.3, -0.25) is 0 Å². The summed E-state index contributed by atoms with van der Waals surface area (Å²) >= 11 is 1.68. The monoisotopic (exact) mass is 261 g/mol. The van der Waals surface area contributed by atoms with Crippen LogP contribution in [0.15, 0.2) is 52.3 Å². The summed E-state index contributed by atoms with van der Waals surface area (Å²) in [5.41, 5.74) is 2.23. The molecule has 2 aromatic rings. The summed E-state index contributed by atoms with van der Waals surface area (Å²) in [5, 5.41) is 3.07. The Morgan fingerprint density at radius 1 is 1.11 bits per heavy atom. The van der Waals surface area contributed by atoms with E-state index in [2.05, 4.69) is 24.4 Å². The van der Waals surface area contributed by atoms with Crippen LogP contribution in [0.5, 0.6) is 0 Å². The van der Waals surface area contributed by atoms with Gasteiger partial charge < -0.3 is 5.32 Å². The highest BCUT2D eigenvalue weighted by Crippen LogP contribution is 2.32. The molecule has 0 aliphatic heterocycles. The van der Waals surface area contributed by atoms with E-state index in [0.717, 1.165) is 10.5 Å². The van der Waals surface area contributed by atoms with Crippen molar-refractivity contribution in [3.63, 3.8) is 0 Å². The molecule has 0 aliphatic rings. The van der Waals surface area contributed by atoms with Gasteiger partial charge in [0.25, 0.3) is 0 Å². The molecule has 0 atom stereocenters. The molecule has 0 aromatic heterocycles. The van der Waals surface area contributed by atoms with Crippen LogP contribution in [0.25, 0.3) is 0 Å². The van der Waals surface area contributed by atoms with Crippen LogP contribution in [0.2, 0.25) is 0 Å². The van der Waals surface area contributed by atoms with Gasteiger partial charge in [-0.25, -0.2) is 4.39 Å². The number of nitrogens with one attached hydrogen (secondary N) is 1. The molecule has 94 valence electrons. The van der Waals surface area contributed by atoms with Gasteiger partial charge in [-0.2, -0.15) is 0 Å². The number of halogens is 1. The second-order valence-corrected chi connectivity index (χ2v) is 5.23. The maximum atomic E-state index is 13.3. The molecule has 2 aromatic carbocycles. The average molecular weight is 261 g/mol. The Hall–Kier alpha value is -1.32. The van der Waals surface area contributed by atoms with E-state index in [1.807, 2.05) is 25.2 Å². The smallest absolute Gasteiger partial charge is 0.123 e. The van der Waals surface area contributed by atoms with Crippen molar-refractivity contribution >= 4 is 11.8 Å². The Balaban J connectivity index is 2.31. The minimum Gasteiger partial charge on any atom is -0.316 e. The third-order valence-corrected chi connectivity index (χ3v) is 4.00. The zero-order chi connectivity index (χ0) is 13.0. The first kappa shape index (κ1) is 13.1. The second-order valence-electron chi connectivity index (χ2n) is 4.15. The summed E-state index contributed by atoms with van der Waals surface area (Å²) in [4.78, 5) is 2.31. The lowest BCUT2D eigenvalue weighted by molar-refractivity contribution is 0.621. The second kappa shape index (κ2) is 6.03. The molecule has 1 N–H and O–H groups in total. The van der Waals surface area contributed by atoms with Crippen LogP contribution in [0.1, 0.15) is 11.1 Å². The zero-order valence-corrected chi connectivity index (χ0v) is 11.4. The van der Waals surface area contributed by atoms with Gasteiger partial charge in [-0.15, -0.1) is 0 Å². The lowest BCUT2D eigenvalue weighted by Gasteiger charge is -2.10. The summed E-state index contributed by atoms with van der Waals surface area (Å²) in [6.45, 7) is 2.76. The molecule has 0 saturated carbocycles. The Labute approximate surface area is 111 Å². The standard InChI is InChI=1S/C15H16FNS/c1-11-5-3-4-6-14(11)18-15-8-7-13(16)9-12(15)10-17-2/h3-9,17H,10H2,1-2H3. The molecule has 0 amide bonds. The van der Waals surface area contributed by atoms with Crippen molar-refractivity contribution in [3.8, 4) is 0 Å². The normalized spacial score (nSPS) is 10.6. The van der Waals surface area contributed by atoms with E-state index in [0.29, 0.717) is 6.54 Å². The van der Waals surface area contributed by atoms with Crippen molar-refractivity contribution in [1.82, 2.24) is 5.32 Å². The number of hydrogen-bond acceptors (Lipinski definition) is 2. The van der Waals surface area contributed by atoms with Crippen LogP contribution in [0, 0.1) is 12.7 Å². The Bertz CT molecular complexity index is 540. The van der Waals surface area contributed by atoms with Gasteiger partial charge in [-0.1, -0.05) is 30.0 Å². The highest BCUT2D eigenvalue weighted by Gasteiger charge is 2.07. The number of hydrogen-bond donors (Lipinski definition) is 1. The lowest BCUT2D eigenvalue weighted by Crippen LogP contribution is -2.06. The van der Waals surface area contributed by atoms with Gasteiger partial charge in [0, 0.05) is 16.3 Å². The molecule has 0 bridgehead atoms. The first-order valence-electron chi connectivity index (χ1n) is 5.87. The maximum Gasteiger partial charge on any atom is 0.123 e. The Kier molecular flexibility index (Phi) is 4.39. The van der Waals surface area contributed by atoms with Gasteiger partial charge in [0.2, 0.25) is 0 Å². The molecule has 0 fully saturated rings. The molecule has 1 nitrogen and oxygen atoms in total. The van der Waals surface area contributed by atoms with Crippen molar-refractivity contribution in [1.29, 1.82) is 0 Å². The molecular weight excluding hydrogens is 245 g/mol. The zero-order valence-electron chi connectivity index (χ0n) is 10.5. The molecule has 18 heavy (non-hydrogen) atoms. The first-order valence-corrected chi connectivity index (χ1v) is 6.69. The van der Waals surface area contributed by atoms with E-state index >= 15 is 0 Å². The van der Waals surface area contributed by atoms with Crippen LogP contribution in [-0.4, -0.2) is 7.05 Å². The highest BCUT2D eigenvalue weighted by molar-refractivity contribution is 7.99. The van der Waals surface area contributed by atoms with Crippen molar-refractivity contribution in [2.75, 3.05) is 7.05 Å². The number of aryl methyl sites for hydroxylation is 1. The topological polar surface area (TPSA) is 12.0 Å². The molecule has 3 heteroatoms. The Morgan fingerprint density at radius 2 is 1.89 bits per heavy atom. The van der Waals surface area contributed by atoms with E-state index < -0.39 is 0 Å². The fraction of sp³-hybridized carbons (Fsp3) is 0.200. The third kappa shape index (κ3) is 3.12. The van der Waals surface area contributed by atoms with Crippen molar-refractivity contribution in [2.45, 2.75) is 23.3 Å². The first-order chi connectivity index (χ1) is 8.70. The van der Waals surface area contributed by atoms with E-state index in [1.54, 1.807) is 17.8 Å². The average Bonchev–Trinajstić information content (AvgIpc) is 2.35. The van der Waals surface area contributed by atoms with Crippen LogP contribution < -0.4 is 5.32 Å². The molecule has 0 spiro atoms. The van der Waals surface area contributed by atoms with Crippen LogP contribution >= 0.6 is 11.8 Å². The molecule has 0 heterocycles. The third-order valence-electron chi connectivity index (χ3n) is 2.70. The maximum absolute atomic E-state index is 13.3. The van der Waals surface area contributed by atoms with Gasteiger partial charge in [0.05, 0.1) is 0 Å². The van der Waals surface area contributed by atoms with Gasteiger partial charge >= 0.3 is 0 Å². The summed E-state index contributed by atoms with van der Waals surface area (Å²) in [6.07, 6.45) is 0. The fourth-order valence-electron chi connectivity index (χ4n) is 1.77. The number of benzene rings is 2. The molecule has 0 unspecified atom stereocenters. The predicted octanol–water partition coefficient (Wildman–Crippen LogP) is 4.00. The van der Waals surface area contributed by atoms with E-state index in [4.69, 9.17) is 0 Å². The Morgan fingerprint density at radius 3 is 2.61 bits per heavy atom. The molecular formula is C15H16FNS. The minimum absolute atomic E-state index is 0.186. The van der Waals surface area contributed by atoms with E-state index in [-0.39, 0.29) is 5.82 Å². The highest BCUT2D eigenvalue weighted by atomic mass is 32.2. The minimum atomic E-state index is -0.186. The van der Waals surface area contributed by atoms with Crippen molar-refractivity contribution in [3.05, 3.63) is 59.4 Å². The predicted molar refractivity (Wildman–Crippen MR) is 74.5 cm³/mol. The van der Waals surface area contributed by atoms with E-state index in [1.165, 1.54) is 16.5 Å². The molecule has 0 radical (unpaired) electrons. The quantitative estimate of drug-likeness (QED) is 0.892. The van der Waals surface area contributed by atoms with Crippen LogP contribution in [0.3, 0.4) is 0 Å². The van der Waals surface area contributed by atoms with Gasteiger partial charge in [0.1, 0.15) is 5.82 Å². The van der Waals surface area contributed by atoms with Crippen molar-refractivity contribution in [2.24, 2.45) is 0 Å². The summed E-state index contributed by atoms with van der Waals surface area (Å²) in [6, 6.07) is 13.2. The van der Waals surface area contributed by atoms with Crippen LogP contribution in [-0.2, 0) is 6.54 Å². The molecule has 0 aliphatic carbocycles.